The van der Waals surface area contributed by atoms with Crippen LogP contribution in [0.15, 0.2) is 30.5 Å². The number of nitrogens with zero attached hydrogens (tertiary/aromatic N) is 2. The van der Waals surface area contributed by atoms with Crippen molar-refractivity contribution in [1.82, 2.24) is 9.97 Å². The average molecular weight is 245 g/mol. The van der Waals surface area contributed by atoms with Crippen LogP contribution in [0.5, 0.6) is 0 Å². The van der Waals surface area contributed by atoms with E-state index in [1.54, 1.807) is 18.3 Å². The van der Waals surface area contributed by atoms with Gasteiger partial charge >= 0.3 is 0 Å². The van der Waals surface area contributed by atoms with Crippen LogP contribution in [0, 0.1) is 12.7 Å². The molecular formula is C14H16FN3. The predicted octanol–water partition coefficient (Wildman–Crippen LogP) is 3.41. The fourth-order valence-corrected chi connectivity index (χ4v) is 1.70. The highest BCUT2D eigenvalue weighted by molar-refractivity contribution is 5.64. The lowest BCUT2D eigenvalue weighted by Gasteiger charge is -2.07. The Morgan fingerprint density at radius 1 is 1.28 bits per heavy atom. The van der Waals surface area contributed by atoms with Crippen molar-refractivity contribution in [2.45, 2.75) is 20.3 Å². The second-order valence-corrected chi connectivity index (χ2v) is 4.15. The molecule has 0 aliphatic heterocycles. The maximum Gasteiger partial charge on any atom is 0.223 e. The molecule has 94 valence electrons. The molecule has 0 saturated carbocycles. The molecule has 0 atom stereocenters. The molecule has 3 nitrogen and oxygen atoms in total. The van der Waals surface area contributed by atoms with Gasteiger partial charge in [-0.3, -0.25) is 0 Å². The summed E-state index contributed by atoms with van der Waals surface area (Å²) in [4.78, 5) is 8.53. The number of hydrogen-bond donors (Lipinski definition) is 1. The summed E-state index contributed by atoms with van der Waals surface area (Å²) in [5, 5.41) is 3.12. The molecule has 1 heterocycles. The van der Waals surface area contributed by atoms with Gasteiger partial charge in [0.15, 0.2) is 0 Å². The zero-order valence-corrected chi connectivity index (χ0v) is 10.6. The van der Waals surface area contributed by atoms with E-state index in [1.165, 1.54) is 12.1 Å². The number of halogens is 1. The lowest BCUT2D eigenvalue weighted by Crippen LogP contribution is -2.04. The van der Waals surface area contributed by atoms with Gasteiger partial charge in [-0.25, -0.2) is 14.4 Å². The van der Waals surface area contributed by atoms with Crippen LogP contribution in [0.25, 0.3) is 11.3 Å². The van der Waals surface area contributed by atoms with Crippen LogP contribution < -0.4 is 5.32 Å². The van der Waals surface area contributed by atoms with Gasteiger partial charge in [-0.15, -0.1) is 0 Å². The first kappa shape index (κ1) is 12.5. The van der Waals surface area contributed by atoms with Crippen LogP contribution in [0.4, 0.5) is 10.3 Å². The summed E-state index contributed by atoms with van der Waals surface area (Å²) in [5.41, 5.74) is 2.54. The molecule has 0 aliphatic rings. The number of aryl methyl sites for hydroxylation is 1. The topological polar surface area (TPSA) is 37.8 Å². The van der Waals surface area contributed by atoms with Crippen LogP contribution in [0.1, 0.15) is 18.9 Å². The second-order valence-electron chi connectivity index (χ2n) is 4.15. The van der Waals surface area contributed by atoms with Crippen LogP contribution >= 0.6 is 0 Å². The van der Waals surface area contributed by atoms with E-state index in [0.29, 0.717) is 5.95 Å². The molecule has 0 amide bonds. The van der Waals surface area contributed by atoms with E-state index in [0.717, 1.165) is 29.8 Å². The van der Waals surface area contributed by atoms with Crippen molar-refractivity contribution in [2.75, 3.05) is 11.9 Å². The Hall–Kier alpha value is -1.97. The van der Waals surface area contributed by atoms with Crippen LogP contribution in [0.3, 0.4) is 0 Å². The Morgan fingerprint density at radius 3 is 2.89 bits per heavy atom. The minimum absolute atomic E-state index is 0.253. The number of nitrogens with one attached hydrogen (secondary N) is 1. The van der Waals surface area contributed by atoms with Crippen LogP contribution in [-0.4, -0.2) is 16.5 Å². The lowest BCUT2D eigenvalue weighted by molar-refractivity contribution is 0.628. The molecule has 0 saturated heterocycles. The van der Waals surface area contributed by atoms with Gasteiger partial charge in [-0.05, 0) is 37.1 Å². The van der Waals surface area contributed by atoms with E-state index in [-0.39, 0.29) is 5.82 Å². The molecular weight excluding hydrogens is 229 g/mol. The summed E-state index contributed by atoms with van der Waals surface area (Å²) in [6.07, 6.45) is 2.69. The van der Waals surface area contributed by atoms with E-state index in [9.17, 15) is 4.39 Å². The van der Waals surface area contributed by atoms with Gasteiger partial charge < -0.3 is 5.32 Å². The Bertz CT molecular complexity index is 540. The Kier molecular flexibility index (Phi) is 3.87. The standard InChI is InChI=1S/C14H16FN3/c1-3-7-16-14-17-8-6-13(18-14)12-9-11(15)5-4-10(12)2/h4-6,8-9H,3,7H2,1-2H3,(H,16,17,18). The molecule has 18 heavy (non-hydrogen) atoms. The second kappa shape index (κ2) is 5.58. The van der Waals surface area contributed by atoms with E-state index >= 15 is 0 Å². The normalized spacial score (nSPS) is 10.4. The van der Waals surface area contributed by atoms with Gasteiger partial charge in [-0.1, -0.05) is 13.0 Å². The van der Waals surface area contributed by atoms with Crippen molar-refractivity contribution in [3.63, 3.8) is 0 Å². The fraction of sp³-hybridized carbons (Fsp3) is 0.286. The van der Waals surface area contributed by atoms with Crippen molar-refractivity contribution in [3.05, 3.63) is 41.8 Å². The quantitative estimate of drug-likeness (QED) is 0.897. The summed E-state index contributed by atoms with van der Waals surface area (Å²) in [6.45, 7) is 4.84. The number of aromatic nitrogens is 2. The summed E-state index contributed by atoms with van der Waals surface area (Å²) < 4.78 is 13.3. The van der Waals surface area contributed by atoms with E-state index in [2.05, 4.69) is 22.2 Å². The minimum atomic E-state index is -0.253. The first-order chi connectivity index (χ1) is 8.70. The summed E-state index contributed by atoms with van der Waals surface area (Å²) in [7, 11) is 0. The number of benzene rings is 1. The SMILES string of the molecule is CCCNc1nccc(-c2cc(F)ccc2C)n1. The Labute approximate surface area is 106 Å². The third kappa shape index (κ3) is 2.83. The largest absolute Gasteiger partial charge is 0.354 e. The van der Waals surface area contributed by atoms with Crippen LogP contribution in [0.2, 0.25) is 0 Å². The van der Waals surface area contributed by atoms with Gasteiger partial charge in [0, 0.05) is 18.3 Å². The number of hydrogen-bond acceptors (Lipinski definition) is 3. The third-order valence-electron chi connectivity index (χ3n) is 2.66. The predicted molar refractivity (Wildman–Crippen MR) is 70.9 cm³/mol. The van der Waals surface area contributed by atoms with Gasteiger partial charge in [0.1, 0.15) is 5.82 Å². The van der Waals surface area contributed by atoms with Crippen molar-refractivity contribution in [3.8, 4) is 11.3 Å². The first-order valence-electron chi connectivity index (χ1n) is 6.04. The highest BCUT2D eigenvalue weighted by Gasteiger charge is 2.06. The summed E-state index contributed by atoms with van der Waals surface area (Å²) in [5.74, 6) is 0.329. The monoisotopic (exact) mass is 245 g/mol. The van der Waals surface area contributed by atoms with E-state index in [1.807, 2.05) is 6.92 Å². The summed E-state index contributed by atoms with van der Waals surface area (Å²) >= 11 is 0. The molecule has 0 bridgehead atoms. The zero-order chi connectivity index (χ0) is 13.0. The zero-order valence-electron chi connectivity index (χ0n) is 10.6. The van der Waals surface area contributed by atoms with Crippen molar-refractivity contribution < 1.29 is 4.39 Å². The van der Waals surface area contributed by atoms with Gasteiger partial charge in [0.05, 0.1) is 5.69 Å². The molecule has 1 aromatic heterocycles. The highest BCUT2D eigenvalue weighted by atomic mass is 19.1. The Balaban J connectivity index is 2.35. The number of anilines is 1. The third-order valence-corrected chi connectivity index (χ3v) is 2.66. The maximum atomic E-state index is 13.3. The molecule has 0 radical (unpaired) electrons. The molecule has 0 aliphatic carbocycles. The average Bonchev–Trinajstić information content (AvgIpc) is 2.39. The van der Waals surface area contributed by atoms with E-state index < -0.39 is 0 Å². The molecule has 4 heteroatoms. The van der Waals surface area contributed by atoms with Crippen molar-refractivity contribution in [1.29, 1.82) is 0 Å². The number of rotatable bonds is 4. The smallest absolute Gasteiger partial charge is 0.223 e. The molecule has 0 spiro atoms. The van der Waals surface area contributed by atoms with Gasteiger partial charge in [0.2, 0.25) is 5.95 Å². The molecule has 2 rings (SSSR count). The van der Waals surface area contributed by atoms with Gasteiger partial charge in [0.25, 0.3) is 0 Å². The van der Waals surface area contributed by atoms with Gasteiger partial charge in [-0.2, -0.15) is 0 Å². The fourth-order valence-electron chi connectivity index (χ4n) is 1.70. The maximum absolute atomic E-state index is 13.3. The first-order valence-corrected chi connectivity index (χ1v) is 6.04. The summed E-state index contributed by atoms with van der Waals surface area (Å²) in [6, 6.07) is 6.50. The lowest BCUT2D eigenvalue weighted by atomic mass is 10.1. The Morgan fingerprint density at radius 2 is 2.11 bits per heavy atom. The molecule has 2 aromatic rings. The minimum Gasteiger partial charge on any atom is -0.354 e. The molecule has 0 unspecified atom stereocenters. The van der Waals surface area contributed by atoms with E-state index in [4.69, 9.17) is 0 Å². The van der Waals surface area contributed by atoms with Crippen LogP contribution in [-0.2, 0) is 0 Å². The molecule has 0 fully saturated rings. The highest BCUT2D eigenvalue weighted by Crippen LogP contribution is 2.22. The van der Waals surface area contributed by atoms with Crippen molar-refractivity contribution >= 4 is 5.95 Å². The molecule has 1 aromatic carbocycles. The molecule has 1 N–H and O–H groups in total. The van der Waals surface area contributed by atoms with Crippen molar-refractivity contribution in [2.24, 2.45) is 0 Å².